The summed E-state index contributed by atoms with van der Waals surface area (Å²) in [6.07, 6.45) is 5.58. The van der Waals surface area contributed by atoms with Crippen LogP contribution in [0.5, 0.6) is 0 Å². The fourth-order valence-corrected chi connectivity index (χ4v) is 7.81. The molecular formula is C22H30N4O4S2. The molecule has 174 valence electrons. The number of ether oxygens (including phenoxy) is 1. The van der Waals surface area contributed by atoms with E-state index in [1.165, 1.54) is 4.31 Å². The van der Waals surface area contributed by atoms with Gasteiger partial charge in [0.15, 0.2) is 0 Å². The van der Waals surface area contributed by atoms with Gasteiger partial charge in [-0.1, -0.05) is 13.0 Å². The first-order chi connectivity index (χ1) is 15.4. The van der Waals surface area contributed by atoms with Gasteiger partial charge in [0, 0.05) is 25.7 Å². The van der Waals surface area contributed by atoms with Crippen LogP contribution < -0.4 is 5.32 Å². The predicted molar refractivity (Wildman–Crippen MR) is 122 cm³/mol. The Morgan fingerprint density at radius 1 is 1.19 bits per heavy atom. The maximum absolute atomic E-state index is 13.8. The van der Waals surface area contributed by atoms with Gasteiger partial charge in [0.25, 0.3) is 0 Å². The fraction of sp³-hybridized carbons (Fsp3) is 0.682. The van der Waals surface area contributed by atoms with Gasteiger partial charge >= 0.3 is 0 Å². The van der Waals surface area contributed by atoms with Crippen molar-refractivity contribution in [2.24, 2.45) is 17.8 Å². The van der Waals surface area contributed by atoms with Crippen molar-refractivity contribution < 1.29 is 17.9 Å². The third-order valence-corrected chi connectivity index (χ3v) is 9.66. The molecule has 32 heavy (non-hydrogen) atoms. The minimum absolute atomic E-state index is 0.0260. The first-order valence-electron chi connectivity index (χ1n) is 11.5. The second-order valence-corrected chi connectivity index (χ2v) is 12.0. The molecule has 1 aromatic heterocycles. The van der Waals surface area contributed by atoms with E-state index in [1.54, 1.807) is 18.2 Å². The van der Waals surface area contributed by atoms with Gasteiger partial charge in [-0.25, -0.2) is 8.42 Å². The average Bonchev–Trinajstić information content (AvgIpc) is 3.45. The highest BCUT2D eigenvalue weighted by Gasteiger charge is 2.41. The molecule has 1 saturated carbocycles. The summed E-state index contributed by atoms with van der Waals surface area (Å²) in [5.74, 6) is 0.681. The summed E-state index contributed by atoms with van der Waals surface area (Å²) in [5.41, 5.74) is 0.965. The molecule has 3 aliphatic rings. The van der Waals surface area contributed by atoms with E-state index in [0.717, 1.165) is 50.3 Å². The van der Waals surface area contributed by atoms with Crippen molar-refractivity contribution in [1.29, 1.82) is 0 Å². The summed E-state index contributed by atoms with van der Waals surface area (Å²) in [6.45, 7) is 3.33. The smallest absolute Gasteiger partial charge is 0.245 e. The number of benzene rings is 1. The van der Waals surface area contributed by atoms with Crippen LogP contribution in [-0.4, -0.2) is 59.2 Å². The molecule has 1 aliphatic carbocycles. The molecule has 5 atom stereocenters. The number of carbonyl (C=O) groups is 1. The second-order valence-electron chi connectivity index (χ2n) is 9.57. The number of carbonyl (C=O) groups excluding carboxylic acids is 1. The fourth-order valence-electron chi connectivity index (χ4n) is 5.54. The number of hydrogen-bond acceptors (Lipinski definition) is 7. The van der Waals surface area contributed by atoms with Crippen LogP contribution in [0.3, 0.4) is 0 Å². The Labute approximate surface area is 193 Å². The van der Waals surface area contributed by atoms with Gasteiger partial charge in [0.05, 0.1) is 23.8 Å². The lowest BCUT2D eigenvalue weighted by Gasteiger charge is -2.42. The van der Waals surface area contributed by atoms with Crippen molar-refractivity contribution in [1.82, 2.24) is 18.4 Å². The number of fused-ring (bicyclic) bond motifs is 2. The number of rotatable bonds is 6. The van der Waals surface area contributed by atoms with Gasteiger partial charge in [0.1, 0.15) is 15.9 Å². The highest BCUT2D eigenvalue weighted by molar-refractivity contribution is 7.89. The normalized spacial score (nSPS) is 31.1. The average molecular weight is 479 g/mol. The molecule has 0 radical (unpaired) electrons. The zero-order valence-electron chi connectivity index (χ0n) is 18.3. The second kappa shape index (κ2) is 8.96. The molecule has 10 heteroatoms. The first kappa shape index (κ1) is 22.2. The number of aromatic nitrogens is 2. The molecule has 5 rings (SSSR count). The summed E-state index contributed by atoms with van der Waals surface area (Å²) in [5, 5.41) is 3.19. The quantitative estimate of drug-likeness (QED) is 0.685. The molecule has 1 amide bonds. The molecule has 8 nitrogen and oxygen atoms in total. The van der Waals surface area contributed by atoms with Crippen molar-refractivity contribution in [3.05, 3.63) is 18.2 Å². The van der Waals surface area contributed by atoms with Crippen LogP contribution in [0.2, 0.25) is 0 Å². The van der Waals surface area contributed by atoms with Crippen LogP contribution in [0.4, 0.5) is 0 Å². The summed E-state index contributed by atoms with van der Waals surface area (Å²) in [6, 6.07) is 5.28. The Kier molecular flexibility index (Phi) is 6.21. The monoisotopic (exact) mass is 478 g/mol. The van der Waals surface area contributed by atoms with Gasteiger partial charge < -0.3 is 10.1 Å². The van der Waals surface area contributed by atoms with Crippen molar-refractivity contribution in [2.45, 2.75) is 62.5 Å². The third-order valence-electron chi connectivity index (χ3n) is 7.25. The summed E-state index contributed by atoms with van der Waals surface area (Å²) in [7, 11) is -3.87. The molecule has 5 unspecified atom stereocenters. The van der Waals surface area contributed by atoms with E-state index in [2.05, 4.69) is 21.0 Å². The highest BCUT2D eigenvalue weighted by Crippen LogP contribution is 2.37. The number of nitrogens with one attached hydrogen (secondary N) is 1. The maximum Gasteiger partial charge on any atom is 0.245 e. The van der Waals surface area contributed by atoms with Gasteiger partial charge in [-0.3, -0.25) is 4.79 Å². The number of sulfonamides is 1. The Balaban J connectivity index is 1.43. The van der Waals surface area contributed by atoms with Gasteiger partial charge in [-0.05, 0) is 62.5 Å². The Bertz CT molecular complexity index is 1080. The van der Waals surface area contributed by atoms with E-state index < -0.39 is 10.0 Å². The molecular weight excluding hydrogens is 448 g/mol. The van der Waals surface area contributed by atoms with Crippen LogP contribution in [0.15, 0.2) is 23.1 Å². The van der Waals surface area contributed by atoms with E-state index >= 15 is 0 Å². The van der Waals surface area contributed by atoms with Gasteiger partial charge in [-0.15, -0.1) is 0 Å². The SMILES string of the molecule is CC1CCC2NC(=O)C(CN(CC3CCCO3)S(=O)(=O)c3cccc4nsnc34)CC2C1. The largest absolute Gasteiger partial charge is 0.377 e. The lowest BCUT2D eigenvalue weighted by atomic mass is 9.72. The molecule has 3 heterocycles. The van der Waals surface area contributed by atoms with E-state index in [4.69, 9.17) is 4.74 Å². The van der Waals surface area contributed by atoms with Crippen molar-refractivity contribution in [2.75, 3.05) is 19.7 Å². The molecule has 0 bridgehead atoms. The standard InChI is InChI=1S/C22H30N4O4S2/c1-14-7-8-18-15(10-14)11-16(22(27)23-18)12-26(13-17-4-3-9-30-17)32(28,29)20-6-2-5-19-21(20)25-31-24-19/h2,5-6,14-18H,3-4,7-13H2,1H3,(H,23,27). The Hall–Kier alpha value is -1.62. The van der Waals surface area contributed by atoms with Crippen LogP contribution in [0, 0.1) is 17.8 Å². The lowest BCUT2D eigenvalue weighted by molar-refractivity contribution is -0.130. The lowest BCUT2D eigenvalue weighted by Crippen LogP contribution is -2.54. The van der Waals surface area contributed by atoms with Crippen LogP contribution in [0.1, 0.15) is 45.4 Å². The number of amides is 1. The highest BCUT2D eigenvalue weighted by atomic mass is 32.2. The molecule has 1 N–H and O–H groups in total. The van der Waals surface area contributed by atoms with E-state index in [1.807, 2.05) is 0 Å². The summed E-state index contributed by atoms with van der Waals surface area (Å²) >= 11 is 1.00. The van der Waals surface area contributed by atoms with Crippen LogP contribution in [0.25, 0.3) is 11.0 Å². The van der Waals surface area contributed by atoms with Crippen LogP contribution in [-0.2, 0) is 19.6 Å². The molecule has 3 fully saturated rings. The zero-order valence-corrected chi connectivity index (χ0v) is 19.9. The maximum atomic E-state index is 13.8. The molecule has 2 saturated heterocycles. The minimum Gasteiger partial charge on any atom is -0.377 e. The molecule has 2 aliphatic heterocycles. The Morgan fingerprint density at radius 2 is 2.06 bits per heavy atom. The predicted octanol–water partition coefficient (Wildman–Crippen LogP) is 2.80. The number of piperidine rings is 1. The number of hydrogen-bond donors (Lipinski definition) is 1. The zero-order chi connectivity index (χ0) is 22.3. The molecule has 2 aromatic rings. The van der Waals surface area contributed by atoms with E-state index in [-0.39, 0.29) is 42.0 Å². The first-order valence-corrected chi connectivity index (χ1v) is 13.7. The third kappa shape index (κ3) is 4.30. The molecule has 1 aromatic carbocycles. The van der Waals surface area contributed by atoms with E-state index in [0.29, 0.717) is 29.5 Å². The van der Waals surface area contributed by atoms with Crippen LogP contribution >= 0.6 is 11.7 Å². The topological polar surface area (TPSA) is 101 Å². The summed E-state index contributed by atoms with van der Waals surface area (Å²) < 4.78 is 43.3. The van der Waals surface area contributed by atoms with Gasteiger partial charge in [0.2, 0.25) is 15.9 Å². The van der Waals surface area contributed by atoms with Gasteiger partial charge in [-0.2, -0.15) is 13.1 Å². The Morgan fingerprint density at radius 3 is 2.88 bits per heavy atom. The number of nitrogens with zero attached hydrogens (tertiary/aromatic N) is 3. The van der Waals surface area contributed by atoms with Crippen molar-refractivity contribution in [3.8, 4) is 0 Å². The molecule has 0 spiro atoms. The minimum atomic E-state index is -3.87. The van der Waals surface area contributed by atoms with Crippen molar-refractivity contribution in [3.63, 3.8) is 0 Å². The summed E-state index contributed by atoms with van der Waals surface area (Å²) in [4.78, 5) is 13.1. The van der Waals surface area contributed by atoms with E-state index in [9.17, 15) is 13.2 Å². The van der Waals surface area contributed by atoms with Crippen molar-refractivity contribution >= 4 is 38.7 Å².